The van der Waals surface area contributed by atoms with E-state index < -0.39 is 0 Å². The van der Waals surface area contributed by atoms with E-state index in [1.807, 2.05) is 29.7 Å². The van der Waals surface area contributed by atoms with E-state index in [2.05, 4.69) is 29.4 Å². The molecule has 2 aromatic rings. The van der Waals surface area contributed by atoms with Crippen molar-refractivity contribution in [3.05, 3.63) is 63.0 Å². The van der Waals surface area contributed by atoms with Crippen LogP contribution in [0.5, 0.6) is 0 Å². The largest absolute Gasteiger partial charge is 0.392 e. The molecule has 1 N–H and O–H groups in total. The van der Waals surface area contributed by atoms with Gasteiger partial charge in [-0.15, -0.1) is 22.7 Å². The molecule has 2 heterocycles. The molecular weight excluding hydrogens is 272 g/mol. The molecule has 3 heteroatoms. The summed E-state index contributed by atoms with van der Waals surface area (Å²) in [5.41, 5.74) is 1.05. The van der Waals surface area contributed by atoms with Gasteiger partial charge < -0.3 is 5.11 Å². The van der Waals surface area contributed by atoms with Crippen LogP contribution in [0.1, 0.15) is 16.2 Å². The van der Waals surface area contributed by atoms with Gasteiger partial charge in [0.1, 0.15) is 0 Å². The Morgan fingerprint density at radius 2 is 2.00 bits per heavy atom. The van der Waals surface area contributed by atoms with Gasteiger partial charge in [0, 0.05) is 10.5 Å². The van der Waals surface area contributed by atoms with Crippen LogP contribution in [0, 0.1) is 11.8 Å². The SMILES string of the molecule is OC/C=C/C/C=C(\C#Cc1cccs1)c1cccs1. The summed E-state index contributed by atoms with van der Waals surface area (Å²) in [7, 11) is 0. The van der Waals surface area contributed by atoms with Crippen LogP contribution >= 0.6 is 22.7 Å². The summed E-state index contributed by atoms with van der Waals surface area (Å²) in [6, 6.07) is 8.14. The summed E-state index contributed by atoms with van der Waals surface area (Å²) in [5, 5.41) is 12.8. The summed E-state index contributed by atoms with van der Waals surface area (Å²) in [6.07, 6.45) is 6.57. The number of allylic oxidation sites excluding steroid dienone is 3. The molecule has 0 radical (unpaired) electrons. The second-order valence-corrected chi connectivity index (χ2v) is 5.61. The predicted octanol–water partition coefficient (Wildman–Crippen LogP) is 4.18. The van der Waals surface area contributed by atoms with Crippen molar-refractivity contribution in [2.24, 2.45) is 0 Å². The van der Waals surface area contributed by atoms with E-state index in [4.69, 9.17) is 5.11 Å². The standard InChI is InChI=1S/C16H14OS2/c17-11-3-1-2-6-14(16-8-5-13-19-16)9-10-15-7-4-12-18-15/h1,3-8,12-13,17H,2,11H2/b3-1+,14-6+. The van der Waals surface area contributed by atoms with Gasteiger partial charge in [-0.25, -0.2) is 0 Å². The Labute approximate surface area is 121 Å². The summed E-state index contributed by atoms with van der Waals surface area (Å²) in [5.74, 6) is 6.42. The number of hydrogen-bond acceptors (Lipinski definition) is 3. The highest BCUT2D eigenvalue weighted by Crippen LogP contribution is 2.20. The molecule has 0 saturated carbocycles. The first kappa shape index (κ1) is 13.8. The van der Waals surface area contributed by atoms with Crippen LogP contribution in [0.25, 0.3) is 5.57 Å². The minimum Gasteiger partial charge on any atom is -0.392 e. The Bertz CT molecular complexity index is 593. The van der Waals surface area contributed by atoms with Gasteiger partial charge in [0.2, 0.25) is 0 Å². The molecule has 0 saturated heterocycles. The molecular formula is C16H14OS2. The van der Waals surface area contributed by atoms with E-state index in [9.17, 15) is 0 Å². The number of aliphatic hydroxyl groups excluding tert-OH is 1. The number of aliphatic hydroxyl groups is 1. The maximum absolute atomic E-state index is 8.71. The van der Waals surface area contributed by atoms with Crippen molar-refractivity contribution in [2.45, 2.75) is 6.42 Å². The van der Waals surface area contributed by atoms with Gasteiger partial charge in [0.15, 0.2) is 0 Å². The van der Waals surface area contributed by atoms with Gasteiger partial charge in [-0.1, -0.05) is 42.2 Å². The zero-order chi connectivity index (χ0) is 13.3. The molecule has 0 bridgehead atoms. The van der Waals surface area contributed by atoms with Crippen molar-refractivity contribution in [1.29, 1.82) is 0 Å². The smallest absolute Gasteiger partial charge is 0.0772 e. The molecule has 0 unspecified atom stereocenters. The van der Waals surface area contributed by atoms with E-state index in [1.165, 1.54) is 4.88 Å². The lowest BCUT2D eigenvalue weighted by atomic mass is 10.2. The molecule has 0 amide bonds. The highest BCUT2D eigenvalue weighted by atomic mass is 32.1. The molecule has 0 aliphatic rings. The van der Waals surface area contributed by atoms with Crippen LogP contribution < -0.4 is 0 Å². The normalized spacial score (nSPS) is 11.5. The quantitative estimate of drug-likeness (QED) is 0.660. The zero-order valence-corrected chi connectivity index (χ0v) is 12.0. The molecule has 1 nitrogen and oxygen atoms in total. The summed E-state index contributed by atoms with van der Waals surface area (Å²) in [4.78, 5) is 2.26. The topological polar surface area (TPSA) is 20.2 Å². The molecule has 2 rings (SSSR count). The molecule has 0 aromatic carbocycles. The zero-order valence-electron chi connectivity index (χ0n) is 10.4. The third kappa shape index (κ3) is 4.53. The molecule has 0 atom stereocenters. The van der Waals surface area contributed by atoms with Crippen molar-refractivity contribution >= 4 is 28.2 Å². The Morgan fingerprint density at radius 3 is 2.68 bits per heavy atom. The lowest BCUT2D eigenvalue weighted by Gasteiger charge is -1.94. The van der Waals surface area contributed by atoms with Crippen molar-refractivity contribution in [3.8, 4) is 11.8 Å². The van der Waals surface area contributed by atoms with Crippen LogP contribution in [0.15, 0.2) is 53.3 Å². The molecule has 2 aromatic heterocycles. The molecule has 0 aliphatic carbocycles. The van der Waals surface area contributed by atoms with E-state index in [-0.39, 0.29) is 6.61 Å². The molecule has 19 heavy (non-hydrogen) atoms. The first-order chi connectivity index (χ1) is 9.40. The lowest BCUT2D eigenvalue weighted by molar-refractivity contribution is 0.342. The monoisotopic (exact) mass is 286 g/mol. The Kier molecular flexibility index (Phi) is 5.64. The van der Waals surface area contributed by atoms with Crippen LogP contribution in [0.2, 0.25) is 0 Å². The number of thiophene rings is 2. The first-order valence-corrected chi connectivity index (χ1v) is 7.71. The summed E-state index contributed by atoms with van der Waals surface area (Å²) < 4.78 is 0. The minimum absolute atomic E-state index is 0.0864. The van der Waals surface area contributed by atoms with Gasteiger partial charge in [-0.3, -0.25) is 0 Å². The van der Waals surface area contributed by atoms with Gasteiger partial charge >= 0.3 is 0 Å². The number of hydrogen-bond donors (Lipinski definition) is 1. The van der Waals surface area contributed by atoms with Gasteiger partial charge in [-0.05, 0) is 29.3 Å². The second kappa shape index (κ2) is 7.75. The molecule has 0 fully saturated rings. The Morgan fingerprint density at radius 1 is 1.16 bits per heavy atom. The Hall–Kier alpha value is -1.60. The minimum atomic E-state index is 0.0864. The van der Waals surface area contributed by atoms with E-state index in [0.717, 1.165) is 16.9 Å². The third-order valence-corrected chi connectivity index (χ3v) is 4.05. The first-order valence-electron chi connectivity index (χ1n) is 5.95. The van der Waals surface area contributed by atoms with E-state index in [1.54, 1.807) is 28.7 Å². The number of rotatable bonds is 4. The molecule has 96 valence electrons. The molecule has 0 aliphatic heterocycles. The van der Waals surface area contributed by atoms with Crippen molar-refractivity contribution in [3.63, 3.8) is 0 Å². The van der Waals surface area contributed by atoms with Gasteiger partial charge in [0.25, 0.3) is 0 Å². The maximum Gasteiger partial charge on any atom is 0.0772 e. The lowest BCUT2D eigenvalue weighted by Crippen LogP contribution is -1.76. The van der Waals surface area contributed by atoms with Crippen LogP contribution in [0.3, 0.4) is 0 Å². The predicted molar refractivity (Wildman–Crippen MR) is 84.3 cm³/mol. The fraction of sp³-hybridized carbons (Fsp3) is 0.125. The average molecular weight is 286 g/mol. The van der Waals surface area contributed by atoms with Gasteiger partial charge in [-0.2, -0.15) is 0 Å². The van der Waals surface area contributed by atoms with Crippen LogP contribution in [0.4, 0.5) is 0 Å². The van der Waals surface area contributed by atoms with Crippen molar-refractivity contribution in [1.82, 2.24) is 0 Å². The molecule has 0 spiro atoms. The van der Waals surface area contributed by atoms with Crippen LogP contribution in [-0.4, -0.2) is 11.7 Å². The maximum atomic E-state index is 8.71. The summed E-state index contributed by atoms with van der Waals surface area (Å²) in [6.45, 7) is 0.0864. The Balaban J connectivity index is 2.17. The fourth-order valence-electron chi connectivity index (χ4n) is 1.48. The second-order valence-electron chi connectivity index (χ2n) is 3.71. The van der Waals surface area contributed by atoms with E-state index >= 15 is 0 Å². The van der Waals surface area contributed by atoms with Gasteiger partial charge in [0.05, 0.1) is 11.5 Å². The fourth-order valence-corrected chi connectivity index (χ4v) is 2.77. The van der Waals surface area contributed by atoms with Crippen LogP contribution in [-0.2, 0) is 0 Å². The average Bonchev–Trinajstić information content (AvgIpc) is 3.11. The summed E-state index contributed by atoms with van der Waals surface area (Å²) >= 11 is 3.34. The highest BCUT2D eigenvalue weighted by Gasteiger charge is 1.98. The highest BCUT2D eigenvalue weighted by molar-refractivity contribution is 7.11. The van der Waals surface area contributed by atoms with E-state index in [0.29, 0.717) is 0 Å². The third-order valence-electron chi connectivity index (χ3n) is 2.36. The van der Waals surface area contributed by atoms with Crippen molar-refractivity contribution < 1.29 is 5.11 Å². The van der Waals surface area contributed by atoms with Crippen molar-refractivity contribution in [2.75, 3.05) is 6.61 Å².